The molecule has 0 atom stereocenters. The number of hydrogen-bond acceptors (Lipinski definition) is 2. The van der Waals surface area contributed by atoms with Crippen molar-refractivity contribution < 1.29 is 22.7 Å². The van der Waals surface area contributed by atoms with Gasteiger partial charge in [0.2, 0.25) is 5.83 Å². The molecule has 0 aromatic rings. The van der Waals surface area contributed by atoms with Crippen molar-refractivity contribution in [2.45, 2.75) is 0 Å². The molecular formula is C6H5F3O2. The van der Waals surface area contributed by atoms with Crippen LogP contribution in [0, 0.1) is 0 Å². The zero-order valence-electron chi connectivity index (χ0n) is 5.44. The van der Waals surface area contributed by atoms with Gasteiger partial charge in [0.1, 0.15) is 6.61 Å². The van der Waals surface area contributed by atoms with Crippen LogP contribution in [0.15, 0.2) is 24.6 Å². The lowest BCUT2D eigenvalue weighted by molar-refractivity contribution is -0.139. The highest BCUT2D eigenvalue weighted by molar-refractivity contribution is 5.85. The summed E-state index contributed by atoms with van der Waals surface area (Å²) in [7, 11) is 0. The summed E-state index contributed by atoms with van der Waals surface area (Å²) in [6.45, 7) is 1.95. The molecule has 5 heteroatoms. The van der Waals surface area contributed by atoms with Crippen molar-refractivity contribution in [2.75, 3.05) is 6.61 Å². The van der Waals surface area contributed by atoms with Crippen molar-refractivity contribution in [1.29, 1.82) is 0 Å². The van der Waals surface area contributed by atoms with E-state index < -0.39 is 24.5 Å². The van der Waals surface area contributed by atoms with Crippen molar-refractivity contribution in [1.82, 2.24) is 0 Å². The molecule has 0 bridgehead atoms. The van der Waals surface area contributed by atoms with Gasteiger partial charge < -0.3 is 4.74 Å². The quantitative estimate of drug-likeness (QED) is 0.472. The molecule has 0 unspecified atom stereocenters. The Labute approximate surface area is 61.0 Å². The number of halogens is 3. The molecule has 11 heavy (non-hydrogen) atoms. The Bertz CT molecular complexity index is 194. The predicted molar refractivity (Wildman–Crippen MR) is 31.5 cm³/mol. The maximum Gasteiger partial charge on any atom is 0.366 e. The fourth-order valence-electron chi connectivity index (χ4n) is 0.259. The van der Waals surface area contributed by atoms with Crippen LogP contribution in [0.1, 0.15) is 0 Å². The standard InChI is InChI=1S/C6H5F3O2/c1-4(7)6(10)11-3-2-5(8)9/h2H,1,3H2. The van der Waals surface area contributed by atoms with Crippen LogP contribution < -0.4 is 0 Å². The second kappa shape index (κ2) is 4.54. The largest absolute Gasteiger partial charge is 0.456 e. The molecule has 2 nitrogen and oxygen atoms in total. The van der Waals surface area contributed by atoms with Gasteiger partial charge in [-0.15, -0.1) is 0 Å². The zero-order chi connectivity index (χ0) is 8.85. The van der Waals surface area contributed by atoms with Crippen LogP contribution >= 0.6 is 0 Å². The summed E-state index contributed by atoms with van der Waals surface area (Å²) < 4.78 is 38.2. The summed E-state index contributed by atoms with van der Waals surface area (Å²) in [4.78, 5) is 10.2. The molecule has 0 amide bonds. The molecule has 0 saturated carbocycles. The molecule has 0 aromatic carbocycles. The molecule has 0 spiro atoms. The molecule has 0 N–H and O–H groups in total. The maximum absolute atomic E-state index is 11.7. The van der Waals surface area contributed by atoms with Gasteiger partial charge in [-0.25, -0.2) is 4.79 Å². The summed E-state index contributed by atoms with van der Waals surface area (Å²) in [5, 5.41) is 0. The fraction of sp³-hybridized carbons (Fsp3) is 0.167. The lowest BCUT2D eigenvalue weighted by Gasteiger charge is -1.95. The highest BCUT2D eigenvalue weighted by Crippen LogP contribution is 1.98. The molecular weight excluding hydrogens is 161 g/mol. The first-order valence-electron chi connectivity index (χ1n) is 2.56. The van der Waals surface area contributed by atoms with Gasteiger partial charge in [0.25, 0.3) is 6.08 Å². The maximum atomic E-state index is 11.7. The lowest BCUT2D eigenvalue weighted by atomic mass is 10.6. The number of ether oxygens (including phenoxy) is 1. The van der Waals surface area contributed by atoms with Crippen molar-refractivity contribution in [3.63, 3.8) is 0 Å². The van der Waals surface area contributed by atoms with E-state index in [1.54, 1.807) is 0 Å². The van der Waals surface area contributed by atoms with Crippen molar-refractivity contribution in [3.05, 3.63) is 24.6 Å². The molecule has 62 valence electrons. The Kier molecular flexibility index (Phi) is 4.02. The molecule has 0 rings (SSSR count). The van der Waals surface area contributed by atoms with E-state index in [-0.39, 0.29) is 0 Å². The van der Waals surface area contributed by atoms with E-state index in [4.69, 9.17) is 0 Å². The van der Waals surface area contributed by atoms with Crippen LogP contribution in [0.2, 0.25) is 0 Å². The van der Waals surface area contributed by atoms with Crippen LogP contribution in [0.5, 0.6) is 0 Å². The topological polar surface area (TPSA) is 26.3 Å². The van der Waals surface area contributed by atoms with E-state index in [1.807, 2.05) is 0 Å². The first kappa shape index (κ1) is 9.74. The molecule has 0 heterocycles. The van der Waals surface area contributed by atoms with Gasteiger partial charge in [0.15, 0.2) is 0 Å². The van der Waals surface area contributed by atoms with E-state index in [0.29, 0.717) is 6.08 Å². The minimum absolute atomic E-state index is 0.348. The zero-order valence-corrected chi connectivity index (χ0v) is 5.44. The highest BCUT2D eigenvalue weighted by atomic mass is 19.3. The van der Waals surface area contributed by atoms with Gasteiger partial charge in [-0.05, 0) is 0 Å². The second-order valence-corrected chi connectivity index (χ2v) is 1.50. The van der Waals surface area contributed by atoms with Gasteiger partial charge in [-0.3, -0.25) is 0 Å². The van der Waals surface area contributed by atoms with Gasteiger partial charge in [0, 0.05) is 6.08 Å². The average molecular weight is 166 g/mol. The van der Waals surface area contributed by atoms with E-state index in [0.717, 1.165) is 0 Å². The average Bonchev–Trinajstić information content (AvgIpc) is 1.86. The summed E-state index contributed by atoms with van der Waals surface area (Å²) in [5.41, 5.74) is 0. The Balaban J connectivity index is 3.64. The van der Waals surface area contributed by atoms with Gasteiger partial charge in [0.05, 0.1) is 0 Å². The Morgan fingerprint density at radius 1 is 1.45 bits per heavy atom. The number of carbonyl (C=O) groups excluding carboxylic acids is 1. The van der Waals surface area contributed by atoms with Crippen LogP contribution in [0.4, 0.5) is 13.2 Å². The Morgan fingerprint density at radius 2 is 2.00 bits per heavy atom. The first-order valence-corrected chi connectivity index (χ1v) is 2.56. The third-order valence-electron chi connectivity index (χ3n) is 0.674. The Hall–Kier alpha value is -1.26. The third kappa shape index (κ3) is 5.20. The van der Waals surface area contributed by atoms with E-state index in [2.05, 4.69) is 11.3 Å². The third-order valence-corrected chi connectivity index (χ3v) is 0.674. The number of carbonyl (C=O) groups is 1. The molecule has 0 aliphatic rings. The second-order valence-electron chi connectivity index (χ2n) is 1.50. The first-order chi connectivity index (χ1) is 5.04. The number of hydrogen-bond donors (Lipinski definition) is 0. The van der Waals surface area contributed by atoms with Crippen LogP contribution in [-0.2, 0) is 9.53 Å². The van der Waals surface area contributed by atoms with Crippen LogP contribution in [0.3, 0.4) is 0 Å². The number of rotatable bonds is 3. The van der Waals surface area contributed by atoms with E-state index >= 15 is 0 Å². The molecule has 0 aromatic heterocycles. The van der Waals surface area contributed by atoms with E-state index in [9.17, 15) is 18.0 Å². The minimum atomic E-state index is -1.98. The fourth-order valence-corrected chi connectivity index (χ4v) is 0.259. The van der Waals surface area contributed by atoms with Gasteiger partial charge in [-0.2, -0.15) is 13.2 Å². The smallest absolute Gasteiger partial charge is 0.366 e. The summed E-state index contributed by atoms with van der Waals surface area (Å²) in [6.07, 6.45) is -1.64. The van der Waals surface area contributed by atoms with Crippen molar-refractivity contribution in [3.8, 4) is 0 Å². The summed E-state index contributed by atoms with van der Waals surface area (Å²) in [5.74, 6) is -2.64. The molecule has 0 fully saturated rings. The Morgan fingerprint density at radius 3 is 2.36 bits per heavy atom. The van der Waals surface area contributed by atoms with E-state index in [1.165, 1.54) is 0 Å². The summed E-state index contributed by atoms with van der Waals surface area (Å²) in [6, 6.07) is 0. The normalized spacial score (nSPS) is 8.64. The van der Waals surface area contributed by atoms with Crippen LogP contribution in [0.25, 0.3) is 0 Å². The molecule has 0 saturated heterocycles. The number of esters is 1. The predicted octanol–water partition coefficient (Wildman–Crippen LogP) is 1.79. The SMILES string of the molecule is C=C(F)C(=O)OCC=C(F)F. The van der Waals surface area contributed by atoms with Gasteiger partial charge >= 0.3 is 5.97 Å². The molecule has 0 aliphatic carbocycles. The van der Waals surface area contributed by atoms with Crippen LogP contribution in [-0.4, -0.2) is 12.6 Å². The minimum Gasteiger partial charge on any atom is -0.456 e. The molecule has 0 aliphatic heterocycles. The summed E-state index contributed by atoms with van der Waals surface area (Å²) >= 11 is 0. The molecule has 0 radical (unpaired) electrons. The van der Waals surface area contributed by atoms with Crippen molar-refractivity contribution >= 4 is 5.97 Å². The van der Waals surface area contributed by atoms with Crippen molar-refractivity contribution in [2.24, 2.45) is 0 Å². The lowest BCUT2D eigenvalue weighted by Crippen LogP contribution is -2.03. The van der Waals surface area contributed by atoms with Gasteiger partial charge in [-0.1, -0.05) is 6.58 Å². The highest BCUT2D eigenvalue weighted by Gasteiger charge is 2.05. The monoisotopic (exact) mass is 166 g/mol.